The van der Waals surface area contributed by atoms with Gasteiger partial charge in [0.15, 0.2) is 0 Å². The quantitative estimate of drug-likeness (QED) is 0.103. The Bertz CT molecular complexity index is 2160. The van der Waals surface area contributed by atoms with E-state index in [9.17, 15) is 18.8 Å². The number of hydrogen-bond donors (Lipinski definition) is 3. The molecule has 0 aliphatic heterocycles. The maximum Gasteiger partial charge on any atom is 0.408 e. The van der Waals surface area contributed by atoms with E-state index in [2.05, 4.69) is 16.0 Å². The van der Waals surface area contributed by atoms with Crippen molar-refractivity contribution in [1.29, 1.82) is 0 Å². The average Bonchev–Trinajstić information content (AvgIpc) is 3.16. The Labute approximate surface area is 332 Å². The number of ether oxygens (including phenoxy) is 3. The molecule has 3 atom stereocenters. The van der Waals surface area contributed by atoms with Crippen LogP contribution < -0.4 is 25.4 Å². The van der Waals surface area contributed by atoms with E-state index in [1.165, 1.54) is 6.07 Å². The molecule has 0 saturated heterocycles. The molecular formula is C45H47ClFN3O6. The summed E-state index contributed by atoms with van der Waals surface area (Å²) >= 11 is 6.53. The van der Waals surface area contributed by atoms with Crippen molar-refractivity contribution >= 4 is 29.5 Å². The third-order valence-corrected chi connectivity index (χ3v) is 9.21. The van der Waals surface area contributed by atoms with Crippen molar-refractivity contribution in [2.45, 2.75) is 71.2 Å². The highest BCUT2D eigenvalue weighted by Crippen LogP contribution is 2.40. The van der Waals surface area contributed by atoms with Crippen molar-refractivity contribution in [3.8, 4) is 28.4 Å². The minimum absolute atomic E-state index is 0.0918. The van der Waals surface area contributed by atoms with Gasteiger partial charge in [0, 0.05) is 28.3 Å². The Balaban J connectivity index is 1.50. The maximum absolute atomic E-state index is 14.5. The van der Waals surface area contributed by atoms with Crippen LogP contribution in [0.25, 0.3) is 11.1 Å². The smallest absolute Gasteiger partial charge is 0.408 e. The van der Waals surface area contributed by atoms with Gasteiger partial charge in [0.05, 0.1) is 25.1 Å². The van der Waals surface area contributed by atoms with Crippen LogP contribution in [0, 0.1) is 5.82 Å². The molecule has 0 heterocycles. The summed E-state index contributed by atoms with van der Waals surface area (Å²) in [6.45, 7) is 9.09. The van der Waals surface area contributed by atoms with Crippen molar-refractivity contribution in [3.05, 3.63) is 148 Å². The van der Waals surface area contributed by atoms with E-state index < -0.39 is 47.3 Å². The summed E-state index contributed by atoms with van der Waals surface area (Å²) in [7, 11) is 1.56. The molecule has 2 unspecified atom stereocenters. The number of nitrogens with one attached hydrogen (secondary N) is 3. The van der Waals surface area contributed by atoms with Crippen LogP contribution in [0.3, 0.4) is 0 Å². The van der Waals surface area contributed by atoms with Crippen LogP contribution >= 0.6 is 11.6 Å². The van der Waals surface area contributed by atoms with Gasteiger partial charge in [0.1, 0.15) is 28.7 Å². The van der Waals surface area contributed by atoms with Crippen molar-refractivity contribution < 1.29 is 33.0 Å². The second-order valence-corrected chi connectivity index (χ2v) is 14.7. The fourth-order valence-corrected chi connectivity index (χ4v) is 6.33. The summed E-state index contributed by atoms with van der Waals surface area (Å²) in [5.41, 5.74) is 3.16. The molecule has 0 spiro atoms. The van der Waals surface area contributed by atoms with E-state index in [1.807, 2.05) is 55.5 Å². The minimum Gasteiger partial charge on any atom is -0.496 e. The van der Waals surface area contributed by atoms with Gasteiger partial charge in [-0.3, -0.25) is 14.9 Å². The van der Waals surface area contributed by atoms with E-state index in [0.29, 0.717) is 39.6 Å². The zero-order valence-electron chi connectivity index (χ0n) is 32.3. The summed E-state index contributed by atoms with van der Waals surface area (Å²) in [4.78, 5) is 40.7. The van der Waals surface area contributed by atoms with Gasteiger partial charge in [0.25, 0.3) is 0 Å². The Morgan fingerprint density at radius 2 is 1.54 bits per heavy atom. The number of carbonyl (C=O) groups is 3. The number of methoxy groups -OCH3 is 1. The number of hydrogen-bond acceptors (Lipinski definition) is 7. The zero-order valence-corrected chi connectivity index (χ0v) is 33.1. The van der Waals surface area contributed by atoms with Crippen LogP contribution in [-0.2, 0) is 20.9 Å². The Kier molecular flexibility index (Phi) is 13.9. The second kappa shape index (κ2) is 18.8. The van der Waals surface area contributed by atoms with Crippen LogP contribution in [0.2, 0.25) is 5.02 Å². The molecule has 3 N–H and O–H groups in total. The molecular weight excluding hydrogens is 733 g/mol. The van der Waals surface area contributed by atoms with E-state index in [1.54, 1.807) is 95.5 Å². The van der Waals surface area contributed by atoms with Crippen LogP contribution in [0.5, 0.6) is 17.2 Å². The minimum atomic E-state index is -1.08. The van der Waals surface area contributed by atoms with Gasteiger partial charge in [-0.1, -0.05) is 97.4 Å². The Hall–Kier alpha value is -5.71. The molecule has 0 radical (unpaired) electrons. The largest absolute Gasteiger partial charge is 0.496 e. The highest BCUT2D eigenvalue weighted by atomic mass is 35.5. The summed E-state index contributed by atoms with van der Waals surface area (Å²) in [5, 5.41) is 8.89. The monoisotopic (exact) mass is 779 g/mol. The predicted octanol–water partition coefficient (Wildman–Crippen LogP) is 9.88. The number of imide groups is 1. The van der Waals surface area contributed by atoms with Gasteiger partial charge in [0.2, 0.25) is 11.8 Å². The molecule has 5 aromatic rings. The molecule has 5 aromatic carbocycles. The van der Waals surface area contributed by atoms with E-state index >= 15 is 0 Å². The molecule has 11 heteroatoms. The molecule has 0 aliphatic carbocycles. The standard InChI is InChI=1S/C45H47ClFN3O6/c1-7-38(48-27-32-16-11-12-19-37(32)47)42(51)50-43(52)41(31-20-22-35(39(25-31)54-6)29-14-9-8-10-15-29)36-23-21-33(46)26-40(36)55-34-18-13-17-30(24-34)28(2)49-44(53)56-45(3,4)5/h8-26,28,38,41,48H,7,27H2,1-6H3,(H,49,53)(H,50,51,52)/t28-,38?,41?/m0/s1. The van der Waals surface area contributed by atoms with Gasteiger partial charge in [-0.25, -0.2) is 9.18 Å². The predicted molar refractivity (Wildman–Crippen MR) is 216 cm³/mol. The molecule has 0 aromatic heterocycles. The first-order valence-electron chi connectivity index (χ1n) is 18.4. The molecule has 0 saturated carbocycles. The average molecular weight is 780 g/mol. The number of carbonyl (C=O) groups excluding carboxylic acids is 3. The third-order valence-electron chi connectivity index (χ3n) is 8.98. The lowest BCUT2D eigenvalue weighted by atomic mass is 9.88. The van der Waals surface area contributed by atoms with Crippen LogP contribution in [0.1, 0.15) is 75.3 Å². The highest BCUT2D eigenvalue weighted by Gasteiger charge is 2.31. The van der Waals surface area contributed by atoms with Crippen LogP contribution in [0.15, 0.2) is 115 Å². The van der Waals surface area contributed by atoms with E-state index in [4.69, 9.17) is 25.8 Å². The van der Waals surface area contributed by atoms with Gasteiger partial charge in [-0.05, 0) is 87.2 Å². The number of amides is 3. The molecule has 5 rings (SSSR count). The summed E-state index contributed by atoms with van der Waals surface area (Å²) in [6, 6.07) is 32.3. The topological polar surface area (TPSA) is 115 Å². The fourth-order valence-electron chi connectivity index (χ4n) is 6.17. The normalized spacial score (nSPS) is 12.9. The first kappa shape index (κ1) is 41.5. The third kappa shape index (κ3) is 11.0. The van der Waals surface area contributed by atoms with E-state index in [0.717, 1.165) is 16.7 Å². The number of benzene rings is 5. The van der Waals surface area contributed by atoms with Gasteiger partial charge < -0.3 is 24.8 Å². The molecule has 56 heavy (non-hydrogen) atoms. The fraction of sp³-hybridized carbons (Fsp3) is 0.267. The highest BCUT2D eigenvalue weighted by molar-refractivity contribution is 6.30. The van der Waals surface area contributed by atoms with Crippen molar-refractivity contribution in [1.82, 2.24) is 16.0 Å². The molecule has 292 valence electrons. The van der Waals surface area contributed by atoms with E-state index in [-0.39, 0.29) is 12.3 Å². The Morgan fingerprint density at radius 1 is 0.804 bits per heavy atom. The van der Waals surface area contributed by atoms with Gasteiger partial charge in [-0.15, -0.1) is 0 Å². The first-order chi connectivity index (χ1) is 26.8. The van der Waals surface area contributed by atoms with Crippen molar-refractivity contribution in [2.24, 2.45) is 0 Å². The number of halogens is 2. The zero-order chi connectivity index (χ0) is 40.4. The number of alkyl carbamates (subject to hydrolysis) is 1. The van der Waals surface area contributed by atoms with Gasteiger partial charge in [-0.2, -0.15) is 0 Å². The van der Waals surface area contributed by atoms with Crippen molar-refractivity contribution in [3.63, 3.8) is 0 Å². The Morgan fingerprint density at radius 3 is 2.23 bits per heavy atom. The van der Waals surface area contributed by atoms with Crippen LogP contribution in [0.4, 0.5) is 9.18 Å². The molecule has 3 amide bonds. The molecule has 0 fully saturated rings. The van der Waals surface area contributed by atoms with Crippen molar-refractivity contribution in [2.75, 3.05) is 7.11 Å². The lowest BCUT2D eigenvalue weighted by molar-refractivity contribution is -0.132. The molecule has 9 nitrogen and oxygen atoms in total. The summed E-state index contributed by atoms with van der Waals surface area (Å²) in [6.07, 6.45) is -0.219. The van der Waals surface area contributed by atoms with Gasteiger partial charge >= 0.3 is 6.09 Å². The SMILES string of the molecule is CCC(NCc1ccccc1F)C(=O)NC(=O)C(c1ccc(-c2ccccc2)c(OC)c1)c1ccc(Cl)cc1Oc1cccc([C@H](C)NC(=O)OC(C)(C)C)c1. The molecule has 0 aliphatic rings. The lowest BCUT2D eigenvalue weighted by Gasteiger charge is -2.24. The molecule has 0 bridgehead atoms. The summed E-state index contributed by atoms with van der Waals surface area (Å²) in [5.74, 6) is -1.45. The number of rotatable bonds is 14. The van der Waals surface area contributed by atoms with Crippen LogP contribution in [-0.4, -0.2) is 36.7 Å². The first-order valence-corrected chi connectivity index (χ1v) is 18.8. The lowest BCUT2D eigenvalue weighted by Crippen LogP contribution is -2.47. The maximum atomic E-state index is 14.5. The second-order valence-electron chi connectivity index (χ2n) is 14.3. The summed E-state index contributed by atoms with van der Waals surface area (Å²) < 4.78 is 32.1.